The molecule has 2 aromatic carbocycles. The average Bonchev–Trinajstić information content (AvgIpc) is 3.08. The van der Waals surface area contributed by atoms with Crippen molar-refractivity contribution in [2.45, 2.75) is 0 Å². The third-order valence-corrected chi connectivity index (χ3v) is 3.96. The summed E-state index contributed by atoms with van der Waals surface area (Å²) in [5.41, 5.74) is 4.23. The SMILES string of the molecule is FCCOCCOc1ccc(N=Nc2ccc3scnc3c2)cc1. The second kappa shape index (κ2) is 8.47. The summed E-state index contributed by atoms with van der Waals surface area (Å²) in [6.45, 7) is 0.378. The fraction of sp³-hybridized carbons (Fsp3) is 0.235. The summed E-state index contributed by atoms with van der Waals surface area (Å²) in [5, 5.41) is 8.43. The Morgan fingerprint density at radius 2 is 1.75 bits per heavy atom. The molecule has 7 heteroatoms. The zero-order valence-corrected chi connectivity index (χ0v) is 13.7. The molecule has 0 saturated carbocycles. The molecule has 0 atom stereocenters. The van der Waals surface area contributed by atoms with E-state index in [0.717, 1.165) is 21.6 Å². The summed E-state index contributed by atoms with van der Waals surface area (Å²) >= 11 is 1.60. The lowest BCUT2D eigenvalue weighted by atomic mass is 10.3. The van der Waals surface area contributed by atoms with Crippen LogP contribution < -0.4 is 4.74 Å². The quantitative estimate of drug-likeness (QED) is 0.423. The number of benzene rings is 2. The first-order chi connectivity index (χ1) is 11.8. The van der Waals surface area contributed by atoms with E-state index >= 15 is 0 Å². The van der Waals surface area contributed by atoms with E-state index in [9.17, 15) is 4.39 Å². The minimum atomic E-state index is -0.477. The number of alkyl halides is 1. The van der Waals surface area contributed by atoms with Gasteiger partial charge in [0.1, 0.15) is 19.0 Å². The Labute approximate surface area is 142 Å². The number of thiazole rings is 1. The summed E-state index contributed by atoms with van der Waals surface area (Å²) in [4.78, 5) is 4.26. The Morgan fingerprint density at radius 1 is 0.958 bits per heavy atom. The van der Waals surface area contributed by atoms with Crippen LogP contribution in [-0.4, -0.2) is 31.5 Å². The maximum absolute atomic E-state index is 11.9. The topological polar surface area (TPSA) is 56.1 Å². The standard InChI is InChI=1S/C17H16FN3O2S/c18-7-8-22-9-10-23-15-4-1-13(2-5-15)20-21-14-3-6-17-16(11-14)19-12-24-17/h1-6,11-12H,7-10H2. The number of halogens is 1. The molecule has 0 bridgehead atoms. The monoisotopic (exact) mass is 345 g/mol. The van der Waals surface area contributed by atoms with E-state index in [0.29, 0.717) is 19.0 Å². The summed E-state index contributed by atoms with van der Waals surface area (Å²) < 4.78 is 23.5. The van der Waals surface area contributed by atoms with Gasteiger partial charge in [-0.15, -0.1) is 11.3 Å². The lowest BCUT2D eigenvalue weighted by Gasteiger charge is -2.06. The molecular weight excluding hydrogens is 329 g/mol. The number of hydrogen-bond acceptors (Lipinski definition) is 6. The lowest BCUT2D eigenvalue weighted by Crippen LogP contribution is -2.07. The van der Waals surface area contributed by atoms with E-state index in [1.54, 1.807) is 11.3 Å². The third-order valence-electron chi connectivity index (χ3n) is 3.15. The van der Waals surface area contributed by atoms with Gasteiger partial charge in [0.2, 0.25) is 0 Å². The van der Waals surface area contributed by atoms with Gasteiger partial charge in [0, 0.05) is 0 Å². The van der Waals surface area contributed by atoms with Crippen molar-refractivity contribution in [3.8, 4) is 5.75 Å². The molecule has 0 fully saturated rings. The van der Waals surface area contributed by atoms with Gasteiger partial charge in [-0.3, -0.25) is 0 Å². The van der Waals surface area contributed by atoms with Crippen molar-refractivity contribution >= 4 is 32.9 Å². The molecule has 5 nitrogen and oxygen atoms in total. The highest BCUT2D eigenvalue weighted by molar-refractivity contribution is 7.16. The number of aromatic nitrogens is 1. The van der Waals surface area contributed by atoms with E-state index in [2.05, 4.69) is 15.2 Å². The molecule has 1 aromatic heterocycles. The van der Waals surface area contributed by atoms with Gasteiger partial charge in [0.25, 0.3) is 0 Å². The van der Waals surface area contributed by atoms with Gasteiger partial charge in [0.15, 0.2) is 0 Å². The normalized spacial score (nSPS) is 11.4. The third kappa shape index (κ3) is 4.56. The van der Waals surface area contributed by atoms with Crippen LogP contribution in [0.15, 0.2) is 58.2 Å². The average molecular weight is 345 g/mol. The molecule has 124 valence electrons. The van der Waals surface area contributed by atoms with Crippen LogP contribution in [-0.2, 0) is 4.74 Å². The van der Waals surface area contributed by atoms with Gasteiger partial charge < -0.3 is 9.47 Å². The molecule has 0 radical (unpaired) electrons. The van der Waals surface area contributed by atoms with Gasteiger partial charge in [-0.1, -0.05) is 0 Å². The predicted octanol–water partition coefficient (Wildman–Crippen LogP) is 5.08. The zero-order valence-electron chi connectivity index (χ0n) is 12.9. The Bertz CT molecular complexity index is 805. The summed E-state index contributed by atoms with van der Waals surface area (Å²) in [6, 6.07) is 13.1. The van der Waals surface area contributed by atoms with Crippen LogP contribution in [0.5, 0.6) is 5.75 Å². The van der Waals surface area contributed by atoms with Gasteiger partial charge >= 0.3 is 0 Å². The fourth-order valence-corrected chi connectivity index (χ4v) is 2.67. The molecule has 0 aliphatic carbocycles. The molecule has 0 N–H and O–H groups in total. The highest BCUT2D eigenvalue weighted by Gasteiger charge is 1.99. The highest BCUT2D eigenvalue weighted by Crippen LogP contribution is 2.25. The van der Waals surface area contributed by atoms with Crippen LogP contribution in [0.1, 0.15) is 0 Å². The molecule has 3 aromatic rings. The van der Waals surface area contributed by atoms with Crippen molar-refractivity contribution in [2.24, 2.45) is 10.2 Å². The molecule has 0 spiro atoms. The molecule has 1 heterocycles. The number of azo groups is 1. The van der Waals surface area contributed by atoms with Crippen molar-refractivity contribution in [3.63, 3.8) is 0 Å². The Kier molecular flexibility index (Phi) is 5.81. The van der Waals surface area contributed by atoms with Crippen LogP contribution in [0.4, 0.5) is 15.8 Å². The number of nitrogens with zero attached hydrogens (tertiary/aromatic N) is 3. The first-order valence-electron chi connectivity index (χ1n) is 7.47. The minimum Gasteiger partial charge on any atom is -0.491 e. The second-order valence-corrected chi connectivity index (χ2v) is 5.73. The summed E-state index contributed by atoms with van der Waals surface area (Å²) in [6.07, 6.45) is 0. The smallest absolute Gasteiger partial charge is 0.119 e. The zero-order chi connectivity index (χ0) is 16.6. The minimum absolute atomic E-state index is 0.107. The molecule has 0 saturated heterocycles. The Hall–Kier alpha value is -2.38. The summed E-state index contributed by atoms with van der Waals surface area (Å²) in [5.74, 6) is 0.710. The maximum Gasteiger partial charge on any atom is 0.119 e. The van der Waals surface area contributed by atoms with Crippen LogP contribution in [0, 0.1) is 0 Å². The summed E-state index contributed by atoms with van der Waals surface area (Å²) in [7, 11) is 0. The highest BCUT2D eigenvalue weighted by atomic mass is 32.1. The molecule has 0 aliphatic heterocycles. The Morgan fingerprint density at radius 3 is 2.58 bits per heavy atom. The molecule has 3 rings (SSSR count). The van der Waals surface area contributed by atoms with Crippen molar-refractivity contribution in [3.05, 3.63) is 48.0 Å². The molecule has 0 unspecified atom stereocenters. The van der Waals surface area contributed by atoms with E-state index in [1.165, 1.54) is 0 Å². The largest absolute Gasteiger partial charge is 0.491 e. The van der Waals surface area contributed by atoms with Crippen molar-refractivity contribution in [1.82, 2.24) is 4.98 Å². The van der Waals surface area contributed by atoms with Gasteiger partial charge in [0.05, 0.1) is 40.3 Å². The first kappa shape index (κ1) is 16.5. The second-order valence-electron chi connectivity index (χ2n) is 4.85. The fourth-order valence-electron chi connectivity index (χ4n) is 2.01. The van der Waals surface area contributed by atoms with Gasteiger partial charge in [-0.05, 0) is 42.5 Å². The van der Waals surface area contributed by atoms with Crippen molar-refractivity contribution in [2.75, 3.05) is 26.5 Å². The molecular formula is C17H16FN3O2S. The van der Waals surface area contributed by atoms with Crippen molar-refractivity contribution in [1.29, 1.82) is 0 Å². The Balaban J connectivity index is 1.55. The van der Waals surface area contributed by atoms with Crippen molar-refractivity contribution < 1.29 is 13.9 Å². The van der Waals surface area contributed by atoms with Crippen LogP contribution in [0.25, 0.3) is 10.2 Å². The van der Waals surface area contributed by atoms with Crippen LogP contribution >= 0.6 is 11.3 Å². The van der Waals surface area contributed by atoms with E-state index in [4.69, 9.17) is 9.47 Å². The first-order valence-corrected chi connectivity index (χ1v) is 8.35. The predicted molar refractivity (Wildman–Crippen MR) is 92.5 cm³/mol. The van der Waals surface area contributed by atoms with E-state index in [1.807, 2.05) is 48.0 Å². The molecule has 0 amide bonds. The van der Waals surface area contributed by atoms with Crippen LogP contribution in [0.2, 0.25) is 0 Å². The van der Waals surface area contributed by atoms with E-state index < -0.39 is 6.67 Å². The van der Waals surface area contributed by atoms with Gasteiger partial charge in [-0.2, -0.15) is 10.2 Å². The number of fused-ring (bicyclic) bond motifs is 1. The van der Waals surface area contributed by atoms with Gasteiger partial charge in [-0.25, -0.2) is 9.37 Å². The molecule has 0 aliphatic rings. The van der Waals surface area contributed by atoms with Crippen LogP contribution in [0.3, 0.4) is 0 Å². The number of ether oxygens (including phenoxy) is 2. The number of hydrogen-bond donors (Lipinski definition) is 0. The van der Waals surface area contributed by atoms with E-state index in [-0.39, 0.29) is 6.61 Å². The number of rotatable bonds is 8. The maximum atomic E-state index is 11.9. The lowest BCUT2D eigenvalue weighted by molar-refractivity contribution is 0.0897. The molecule has 24 heavy (non-hydrogen) atoms.